The van der Waals surface area contributed by atoms with E-state index in [0.717, 1.165) is 24.3 Å². The number of hydrogen-bond donors (Lipinski definition) is 4. The lowest BCUT2D eigenvalue weighted by Gasteiger charge is -2.13. The fourth-order valence-corrected chi connectivity index (χ4v) is 2.19. The number of aliphatic hydroxyl groups is 1. The molecule has 4 N–H and O–H groups in total. The van der Waals surface area contributed by atoms with Gasteiger partial charge in [-0.1, -0.05) is 0 Å². The Morgan fingerprint density at radius 3 is 2.73 bits per heavy atom. The number of rotatable bonds is 7. The summed E-state index contributed by atoms with van der Waals surface area (Å²) in [5.74, 6) is 0.150. The van der Waals surface area contributed by atoms with Gasteiger partial charge in [0.15, 0.2) is 0 Å². The van der Waals surface area contributed by atoms with Crippen molar-refractivity contribution in [3.63, 3.8) is 0 Å². The third-order valence-corrected chi connectivity index (χ3v) is 3.54. The lowest BCUT2D eigenvalue weighted by Crippen LogP contribution is -2.23. The van der Waals surface area contributed by atoms with E-state index in [-0.39, 0.29) is 12.4 Å². The van der Waals surface area contributed by atoms with Gasteiger partial charge < -0.3 is 20.8 Å². The second-order valence-electron chi connectivity index (χ2n) is 5.15. The Morgan fingerprint density at radius 2 is 2.00 bits per heavy atom. The zero-order valence-corrected chi connectivity index (χ0v) is 12.9. The predicted octanol–water partition coefficient (Wildman–Crippen LogP) is 1.49. The third-order valence-electron chi connectivity index (χ3n) is 3.54. The molecule has 0 fully saturated rings. The minimum atomic E-state index is -0.133. The first-order valence-electron chi connectivity index (χ1n) is 7.26. The van der Waals surface area contributed by atoms with E-state index in [1.54, 1.807) is 19.3 Å². The van der Waals surface area contributed by atoms with Crippen LogP contribution in [0, 0.1) is 13.8 Å². The van der Waals surface area contributed by atoms with Gasteiger partial charge in [-0.25, -0.2) is 0 Å². The molecule has 0 aromatic carbocycles. The maximum atomic E-state index is 10.0. The molecule has 0 saturated carbocycles. The van der Waals surface area contributed by atoms with Gasteiger partial charge in [0, 0.05) is 55.0 Å². The van der Waals surface area contributed by atoms with Crippen LogP contribution in [0.4, 0.5) is 5.69 Å². The molecular weight excluding hydrogens is 280 g/mol. The van der Waals surface area contributed by atoms with Gasteiger partial charge in [0.25, 0.3) is 0 Å². The smallest absolute Gasteiger partial charge is 0.141 e. The van der Waals surface area contributed by atoms with Crippen LogP contribution in [-0.2, 0) is 13.2 Å². The summed E-state index contributed by atoms with van der Waals surface area (Å²) < 4.78 is 0. The molecule has 2 aromatic rings. The average molecular weight is 302 g/mol. The Hall–Kier alpha value is -2.18. The summed E-state index contributed by atoms with van der Waals surface area (Å²) in [5, 5.41) is 25.9. The molecule has 0 aliphatic carbocycles. The number of nitrogens with one attached hydrogen (secondary N) is 2. The van der Waals surface area contributed by atoms with Gasteiger partial charge in [0.05, 0.1) is 12.3 Å². The largest absolute Gasteiger partial charge is 0.506 e. The molecule has 0 saturated heterocycles. The molecule has 0 aliphatic rings. The number of aromatic hydroxyl groups is 1. The van der Waals surface area contributed by atoms with E-state index in [0.29, 0.717) is 23.4 Å². The summed E-state index contributed by atoms with van der Waals surface area (Å²) >= 11 is 0. The maximum absolute atomic E-state index is 10.0. The van der Waals surface area contributed by atoms with Crippen LogP contribution < -0.4 is 10.6 Å². The van der Waals surface area contributed by atoms with E-state index in [1.807, 2.05) is 19.2 Å². The minimum absolute atomic E-state index is 0.133. The molecule has 0 radical (unpaired) electrons. The molecule has 22 heavy (non-hydrogen) atoms. The highest BCUT2D eigenvalue weighted by Crippen LogP contribution is 2.23. The van der Waals surface area contributed by atoms with Gasteiger partial charge in [-0.3, -0.25) is 9.97 Å². The second-order valence-corrected chi connectivity index (χ2v) is 5.15. The van der Waals surface area contributed by atoms with Crippen LogP contribution in [0.15, 0.2) is 24.7 Å². The van der Waals surface area contributed by atoms with Crippen molar-refractivity contribution in [1.29, 1.82) is 0 Å². The first kappa shape index (κ1) is 16.2. The number of hydrogen-bond acceptors (Lipinski definition) is 6. The van der Waals surface area contributed by atoms with Crippen LogP contribution in [0.5, 0.6) is 5.75 Å². The Balaban J connectivity index is 1.85. The number of anilines is 1. The number of aromatic nitrogens is 2. The van der Waals surface area contributed by atoms with Crippen molar-refractivity contribution in [2.24, 2.45) is 0 Å². The van der Waals surface area contributed by atoms with Crippen LogP contribution in [0.3, 0.4) is 0 Å². The molecule has 2 rings (SSSR count). The minimum Gasteiger partial charge on any atom is -0.506 e. The average Bonchev–Trinajstić information content (AvgIpc) is 2.52. The Morgan fingerprint density at radius 1 is 1.18 bits per heavy atom. The Labute approximate surface area is 130 Å². The van der Waals surface area contributed by atoms with E-state index in [2.05, 4.69) is 20.6 Å². The zero-order valence-electron chi connectivity index (χ0n) is 12.9. The summed E-state index contributed by atoms with van der Waals surface area (Å²) in [7, 11) is 0. The molecule has 0 aliphatic heterocycles. The van der Waals surface area contributed by atoms with Crippen molar-refractivity contribution in [3.8, 4) is 5.75 Å². The first-order valence-corrected chi connectivity index (χ1v) is 7.26. The molecule has 6 nitrogen and oxygen atoms in total. The molecule has 0 unspecified atom stereocenters. The van der Waals surface area contributed by atoms with Gasteiger partial charge in [-0.05, 0) is 25.5 Å². The van der Waals surface area contributed by atoms with Crippen LogP contribution in [0.2, 0.25) is 0 Å². The highest BCUT2D eigenvalue weighted by Gasteiger charge is 2.10. The molecule has 0 atom stereocenters. The maximum Gasteiger partial charge on any atom is 0.141 e. The van der Waals surface area contributed by atoms with Crippen molar-refractivity contribution in [2.75, 3.05) is 18.4 Å². The topological polar surface area (TPSA) is 90.3 Å². The van der Waals surface area contributed by atoms with Gasteiger partial charge in [-0.15, -0.1) is 0 Å². The van der Waals surface area contributed by atoms with Gasteiger partial charge in [0.2, 0.25) is 0 Å². The molecule has 0 amide bonds. The van der Waals surface area contributed by atoms with Gasteiger partial charge in [0.1, 0.15) is 5.75 Å². The van der Waals surface area contributed by atoms with Crippen molar-refractivity contribution in [2.45, 2.75) is 27.0 Å². The van der Waals surface area contributed by atoms with Crippen LogP contribution >= 0.6 is 0 Å². The number of aryl methyl sites for hydroxylation is 2. The SMILES string of the molecule is Cc1cnccc1NCCNCc1c(CO)cnc(C)c1O. The Kier molecular flexibility index (Phi) is 5.68. The summed E-state index contributed by atoms with van der Waals surface area (Å²) in [6.07, 6.45) is 5.18. The van der Waals surface area contributed by atoms with Crippen LogP contribution in [-0.4, -0.2) is 33.3 Å². The first-order chi connectivity index (χ1) is 10.6. The normalized spacial score (nSPS) is 10.7. The van der Waals surface area contributed by atoms with Crippen molar-refractivity contribution in [1.82, 2.24) is 15.3 Å². The highest BCUT2D eigenvalue weighted by molar-refractivity contribution is 5.48. The molecule has 0 bridgehead atoms. The van der Waals surface area contributed by atoms with Crippen molar-refractivity contribution >= 4 is 5.69 Å². The standard InChI is InChI=1S/C16H22N4O2/c1-11-7-17-4-3-15(11)19-6-5-18-9-14-13(10-21)8-20-12(2)16(14)22/h3-4,7-8,18,21-22H,5-6,9-10H2,1-2H3,(H,17,19). The predicted molar refractivity (Wildman–Crippen MR) is 85.7 cm³/mol. The monoisotopic (exact) mass is 302 g/mol. The van der Waals surface area contributed by atoms with E-state index in [1.165, 1.54) is 0 Å². The van der Waals surface area contributed by atoms with E-state index >= 15 is 0 Å². The fraction of sp³-hybridized carbons (Fsp3) is 0.375. The van der Waals surface area contributed by atoms with Gasteiger partial charge in [-0.2, -0.15) is 0 Å². The second kappa shape index (κ2) is 7.72. The molecule has 118 valence electrons. The van der Waals surface area contributed by atoms with E-state index in [4.69, 9.17) is 0 Å². The molecular formula is C16H22N4O2. The van der Waals surface area contributed by atoms with Crippen LogP contribution in [0.25, 0.3) is 0 Å². The molecule has 2 heterocycles. The summed E-state index contributed by atoms with van der Waals surface area (Å²) in [6.45, 7) is 5.59. The molecule has 6 heteroatoms. The van der Waals surface area contributed by atoms with Crippen molar-refractivity contribution in [3.05, 3.63) is 47.0 Å². The lowest BCUT2D eigenvalue weighted by atomic mass is 10.1. The molecule has 0 spiro atoms. The summed E-state index contributed by atoms with van der Waals surface area (Å²) in [5.41, 5.74) is 4.09. The number of pyridine rings is 2. The van der Waals surface area contributed by atoms with E-state index in [9.17, 15) is 10.2 Å². The summed E-state index contributed by atoms with van der Waals surface area (Å²) in [6, 6.07) is 1.94. The number of nitrogens with zero attached hydrogens (tertiary/aromatic N) is 2. The lowest BCUT2D eigenvalue weighted by molar-refractivity contribution is 0.278. The third kappa shape index (κ3) is 3.93. The van der Waals surface area contributed by atoms with Crippen molar-refractivity contribution < 1.29 is 10.2 Å². The van der Waals surface area contributed by atoms with Gasteiger partial charge >= 0.3 is 0 Å². The quantitative estimate of drug-likeness (QED) is 0.579. The zero-order chi connectivity index (χ0) is 15.9. The molecule has 2 aromatic heterocycles. The van der Waals surface area contributed by atoms with E-state index < -0.39 is 0 Å². The Bertz CT molecular complexity index is 632. The summed E-state index contributed by atoms with van der Waals surface area (Å²) in [4.78, 5) is 8.10. The fourth-order valence-electron chi connectivity index (χ4n) is 2.19. The highest BCUT2D eigenvalue weighted by atomic mass is 16.3. The van der Waals surface area contributed by atoms with Crippen LogP contribution in [0.1, 0.15) is 22.4 Å². The number of aliphatic hydroxyl groups excluding tert-OH is 1.